The van der Waals surface area contributed by atoms with Gasteiger partial charge in [0.1, 0.15) is 11.9 Å². The number of hydrogen-bond donors (Lipinski definition) is 1. The summed E-state index contributed by atoms with van der Waals surface area (Å²) in [5.74, 6) is 1.05. The van der Waals surface area contributed by atoms with Gasteiger partial charge < -0.3 is 10.1 Å². The maximum Gasteiger partial charge on any atom is 0.123 e. The number of alkyl halides is 1. The second-order valence-electron chi connectivity index (χ2n) is 5.37. The van der Waals surface area contributed by atoms with E-state index in [4.69, 9.17) is 16.3 Å². The fourth-order valence-corrected chi connectivity index (χ4v) is 3.34. The van der Waals surface area contributed by atoms with Crippen LogP contribution in [0.25, 0.3) is 0 Å². The van der Waals surface area contributed by atoms with E-state index in [0.717, 1.165) is 25.1 Å². The maximum absolute atomic E-state index is 6.35. The van der Waals surface area contributed by atoms with E-state index in [2.05, 4.69) is 23.5 Å². The standard InChI is InChI=1S/C15H20ClNO/c16-13-6-2-3-7-14(13)17-10-12-9-11-5-1-4-8-15(11)18-12/h1,4-5,8,12-14,17H,2-3,6-7,9-10H2. The van der Waals surface area contributed by atoms with Crippen molar-refractivity contribution in [1.29, 1.82) is 0 Å². The third-order valence-corrected chi connectivity index (χ3v) is 4.53. The molecule has 2 aliphatic rings. The summed E-state index contributed by atoms with van der Waals surface area (Å²) in [6, 6.07) is 8.78. The molecule has 1 aliphatic heterocycles. The molecule has 1 heterocycles. The lowest BCUT2D eigenvalue weighted by Crippen LogP contribution is -2.43. The van der Waals surface area contributed by atoms with E-state index in [1.807, 2.05) is 6.07 Å². The zero-order valence-electron chi connectivity index (χ0n) is 10.6. The van der Waals surface area contributed by atoms with Crippen LogP contribution in [-0.2, 0) is 6.42 Å². The van der Waals surface area contributed by atoms with E-state index in [1.165, 1.54) is 24.8 Å². The van der Waals surface area contributed by atoms with Crippen LogP contribution in [0, 0.1) is 0 Å². The first-order chi connectivity index (χ1) is 8.83. The van der Waals surface area contributed by atoms with E-state index < -0.39 is 0 Å². The summed E-state index contributed by atoms with van der Waals surface area (Å²) in [6.07, 6.45) is 6.21. The molecule has 0 aromatic heterocycles. The van der Waals surface area contributed by atoms with Crippen molar-refractivity contribution in [2.24, 2.45) is 0 Å². The number of fused-ring (bicyclic) bond motifs is 1. The summed E-state index contributed by atoms with van der Waals surface area (Å²) >= 11 is 6.35. The SMILES string of the molecule is ClC1CCCCC1NCC1Cc2ccccc2O1. The van der Waals surface area contributed by atoms with Crippen LogP contribution in [0.1, 0.15) is 31.2 Å². The van der Waals surface area contributed by atoms with Crippen LogP contribution < -0.4 is 10.1 Å². The van der Waals surface area contributed by atoms with Crippen LogP contribution in [-0.4, -0.2) is 24.1 Å². The van der Waals surface area contributed by atoms with Crippen molar-refractivity contribution >= 4 is 11.6 Å². The largest absolute Gasteiger partial charge is 0.488 e. The Labute approximate surface area is 114 Å². The van der Waals surface area contributed by atoms with E-state index in [1.54, 1.807) is 0 Å². The van der Waals surface area contributed by atoms with Crippen LogP contribution >= 0.6 is 11.6 Å². The van der Waals surface area contributed by atoms with E-state index in [0.29, 0.717) is 11.4 Å². The lowest BCUT2D eigenvalue weighted by Gasteiger charge is -2.28. The minimum absolute atomic E-state index is 0.271. The van der Waals surface area contributed by atoms with Gasteiger partial charge >= 0.3 is 0 Å². The number of rotatable bonds is 3. The van der Waals surface area contributed by atoms with E-state index in [9.17, 15) is 0 Å². The van der Waals surface area contributed by atoms with E-state index >= 15 is 0 Å². The summed E-state index contributed by atoms with van der Waals surface area (Å²) < 4.78 is 5.93. The van der Waals surface area contributed by atoms with E-state index in [-0.39, 0.29) is 6.10 Å². The van der Waals surface area contributed by atoms with Crippen molar-refractivity contribution in [3.05, 3.63) is 29.8 Å². The Hall–Kier alpha value is -0.730. The molecule has 0 radical (unpaired) electrons. The first kappa shape index (κ1) is 12.3. The van der Waals surface area contributed by atoms with Crippen LogP contribution in [0.15, 0.2) is 24.3 Å². The van der Waals surface area contributed by atoms with Gasteiger partial charge in [0.25, 0.3) is 0 Å². The van der Waals surface area contributed by atoms with Crippen LogP contribution in [0.3, 0.4) is 0 Å². The highest BCUT2D eigenvalue weighted by Crippen LogP contribution is 2.28. The highest BCUT2D eigenvalue weighted by atomic mass is 35.5. The van der Waals surface area contributed by atoms with Gasteiger partial charge in [-0.05, 0) is 24.5 Å². The zero-order valence-corrected chi connectivity index (χ0v) is 11.3. The van der Waals surface area contributed by atoms with Gasteiger partial charge in [0.15, 0.2) is 0 Å². The summed E-state index contributed by atoms with van der Waals surface area (Å²) in [5.41, 5.74) is 1.33. The number of nitrogens with one attached hydrogen (secondary N) is 1. The number of para-hydroxylation sites is 1. The molecule has 1 N–H and O–H groups in total. The molecular weight excluding hydrogens is 246 g/mol. The van der Waals surface area contributed by atoms with Crippen molar-refractivity contribution in [2.75, 3.05) is 6.54 Å². The molecule has 1 aromatic carbocycles. The molecule has 1 aromatic rings. The molecule has 1 aliphatic carbocycles. The monoisotopic (exact) mass is 265 g/mol. The Morgan fingerprint density at radius 2 is 2.06 bits per heavy atom. The summed E-state index contributed by atoms with van der Waals surface area (Å²) in [6.45, 7) is 0.905. The molecule has 1 fully saturated rings. The summed E-state index contributed by atoms with van der Waals surface area (Å²) in [4.78, 5) is 0. The predicted octanol–water partition coefficient (Wildman–Crippen LogP) is 3.13. The molecule has 3 rings (SSSR count). The van der Waals surface area contributed by atoms with Gasteiger partial charge in [0, 0.05) is 24.4 Å². The average Bonchev–Trinajstić information content (AvgIpc) is 2.80. The number of halogens is 1. The lowest BCUT2D eigenvalue weighted by molar-refractivity contribution is 0.215. The molecule has 0 bridgehead atoms. The van der Waals surface area contributed by atoms with Crippen LogP contribution in [0.5, 0.6) is 5.75 Å². The molecule has 18 heavy (non-hydrogen) atoms. The Bertz CT molecular complexity index is 384. The maximum atomic E-state index is 6.35. The van der Waals surface area contributed by atoms with Crippen LogP contribution in [0.2, 0.25) is 0 Å². The number of ether oxygens (including phenoxy) is 1. The fourth-order valence-electron chi connectivity index (χ4n) is 2.97. The molecule has 0 saturated heterocycles. The quantitative estimate of drug-likeness (QED) is 0.848. The van der Waals surface area contributed by atoms with Gasteiger partial charge in [0.05, 0.1) is 0 Å². The molecule has 3 unspecified atom stereocenters. The first-order valence-corrected chi connectivity index (χ1v) is 7.38. The lowest BCUT2D eigenvalue weighted by atomic mass is 9.95. The molecule has 0 amide bonds. The normalized spacial score (nSPS) is 30.8. The van der Waals surface area contributed by atoms with Crippen molar-refractivity contribution in [3.63, 3.8) is 0 Å². The first-order valence-electron chi connectivity index (χ1n) is 6.95. The van der Waals surface area contributed by atoms with Gasteiger partial charge in [-0.2, -0.15) is 0 Å². The summed E-state index contributed by atoms with van der Waals surface area (Å²) in [5, 5.41) is 3.89. The third kappa shape index (κ3) is 2.65. The molecule has 3 heteroatoms. The highest BCUT2D eigenvalue weighted by molar-refractivity contribution is 6.21. The van der Waals surface area contributed by atoms with Gasteiger partial charge in [-0.3, -0.25) is 0 Å². The zero-order chi connectivity index (χ0) is 12.4. The number of benzene rings is 1. The average molecular weight is 266 g/mol. The molecule has 98 valence electrons. The van der Waals surface area contributed by atoms with Crippen molar-refractivity contribution in [2.45, 2.75) is 49.6 Å². The van der Waals surface area contributed by atoms with Crippen molar-refractivity contribution in [3.8, 4) is 5.75 Å². The molecule has 3 atom stereocenters. The van der Waals surface area contributed by atoms with Gasteiger partial charge in [-0.15, -0.1) is 11.6 Å². The second-order valence-corrected chi connectivity index (χ2v) is 5.93. The molecule has 2 nitrogen and oxygen atoms in total. The Morgan fingerprint density at radius 1 is 1.22 bits per heavy atom. The molecule has 0 spiro atoms. The molecular formula is C15H20ClNO. The Kier molecular flexibility index (Phi) is 3.76. The minimum Gasteiger partial charge on any atom is -0.488 e. The smallest absolute Gasteiger partial charge is 0.123 e. The summed E-state index contributed by atoms with van der Waals surface area (Å²) in [7, 11) is 0. The topological polar surface area (TPSA) is 21.3 Å². The minimum atomic E-state index is 0.271. The van der Waals surface area contributed by atoms with Crippen molar-refractivity contribution < 1.29 is 4.74 Å². The fraction of sp³-hybridized carbons (Fsp3) is 0.600. The third-order valence-electron chi connectivity index (χ3n) is 4.00. The Morgan fingerprint density at radius 3 is 2.89 bits per heavy atom. The van der Waals surface area contributed by atoms with Crippen molar-refractivity contribution in [1.82, 2.24) is 5.32 Å². The molecule has 1 saturated carbocycles. The van der Waals surface area contributed by atoms with Crippen LogP contribution in [0.4, 0.5) is 0 Å². The number of hydrogen-bond acceptors (Lipinski definition) is 2. The van der Waals surface area contributed by atoms with Gasteiger partial charge in [-0.1, -0.05) is 31.0 Å². The predicted molar refractivity (Wildman–Crippen MR) is 74.5 cm³/mol. The highest BCUT2D eigenvalue weighted by Gasteiger charge is 2.26. The Balaban J connectivity index is 1.51. The van der Waals surface area contributed by atoms with Gasteiger partial charge in [-0.25, -0.2) is 0 Å². The second kappa shape index (κ2) is 5.50. The van der Waals surface area contributed by atoms with Gasteiger partial charge in [0.2, 0.25) is 0 Å².